The molecule has 2 heterocycles. The number of nitriles is 1. The Hall–Kier alpha value is -2.03. The first-order valence-corrected chi connectivity index (χ1v) is 9.36. The van der Waals surface area contributed by atoms with Gasteiger partial charge >= 0.3 is 0 Å². The summed E-state index contributed by atoms with van der Waals surface area (Å²) in [5.74, 6) is -0.543. The predicted molar refractivity (Wildman–Crippen MR) is 86.3 cm³/mol. The van der Waals surface area contributed by atoms with Crippen molar-refractivity contribution < 1.29 is 17.6 Å². The molecule has 23 heavy (non-hydrogen) atoms. The molecule has 0 aliphatic heterocycles. The molecule has 0 saturated carbocycles. The van der Waals surface area contributed by atoms with Gasteiger partial charge in [-0.05, 0) is 28.1 Å². The Morgan fingerprint density at radius 3 is 2.83 bits per heavy atom. The van der Waals surface area contributed by atoms with E-state index in [1.54, 1.807) is 18.2 Å². The molecular formula is C12H9BrN4O4S2. The number of halogens is 1. The molecule has 0 radical (unpaired) electrons. The predicted octanol–water partition coefficient (Wildman–Crippen LogP) is 2.23. The number of aromatic nitrogens is 2. The van der Waals surface area contributed by atoms with E-state index >= 15 is 0 Å². The molecule has 0 bridgehead atoms. The van der Waals surface area contributed by atoms with Crippen molar-refractivity contribution in [3.8, 4) is 6.07 Å². The third kappa shape index (κ3) is 4.25. The fraction of sp³-hybridized carbons (Fsp3) is 0.167. The average Bonchev–Trinajstić information content (AvgIpc) is 3.14. The van der Waals surface area contributed by atoms with Crippen LogP contribution >= 0.6 is 27.3 Å². The van der Waals surface area contributed by atoms with E-state index in [4.69, 9.17) is 9.68 Å². The number of carbonyl (C=O) groups excluding carboxylic acids is 1. The second kappa shape index (κ2) is 7.03. The van der Waals surface area contributed by atoms with E-state index in [9.17, 15) is 13.2 Å². The molecule has 8 nitrogen and oxygen atoms in total. The molecule has 120 valence electrons. The minimum Gasteiger partial charge on any atom is -0.450 e. The Morgan fingerprint density at radius 2 is 2.26 bits per heavy atom. The highest BCUT2D eigenvalue weighted by Gasteiger charge is 2.20. The third-order valence-electron chi connectivity index (χ3n) is 2.52. The zero-order chi connectivity index (χ0) is 17.0. The monoisotopic (exact) mass is 416 g/mol. The number of nitrogens with one attached hydrogen (secondary N) is 1. The number of amides is 1. The van der Waals surface area contributed by atoms with Gasteiger partial charge in [-0.15, -0.1) is 10.2 Å². The number of hydrogen-bond acceptors (Lipinski definition) is 8. The summed E-state index contributed by atoms with van der Waals surface area (Å²) in [6, 6.07) is 4.93. The summed E-state index contributed by atoms with van der Waals surface area (Å²) in [6.45, 7) is 1.48. The maximum Gasteiger partial charge on any atom is 0.268 e. The fourth-order valence-electron chi connectivity index (χ4n) is 1.37. The van der Waals surface area contributed by atoms with Crippen molar-refractivity contribution >= 4 is 54.2 Å². The molecule has 2 aromatic rings. The topological polar surface area (TPSA) is 126 Å². The van der Waals surface area contributed by atoms with Crippen LogP contribution in [0.1, 0.15) is 12.7 Å². The Labute approximate surface area is 143 Å². The summed E-state index contributed by atoms with van der Waals surface area (Å²) >= 11 is 3.83. The van der Waals surface area contributed by atoms with Gasteiger partial charge in [0.1, 0.15) is 17.4 Å². The van der Waals surface area contributed by atoms with Crippen LogP contribution in [0.5, 0.6) is 0 Å². The maximum absolute atomic E-state index is 12.0. The maximum atomic E-state index is 12.0. The number of sulfone groups is 1. The molecule has 2 aromatic heterocycles. The van der Waals surface area contributed by atoms with Crippen molar-refractivity contribution in [2.24, 2.45) is 0 Å². The molecule has 11 heteroatoms. The van der Waals surface area contributed by atoms with Gasteiger partial charge in [0.05, 0.1) is 5.75 Å². The van der Waals surface area contributed by atoms with Crippen molar-refractivity contribution in [3.05, 3.63) is 28.1 Å². The molecule has 0 spiro atoms. The van der Waals surface area contributed by atoms with Gasteiger partial charge in [-0.2, -0.15) is 5.26 Å². The van der Waals surface area contributed by atoms with Crippen LogP contribution < -0.4 is 5.32 Å². The summed E-state index contributed by atoms with van der Waals surface area (Å²) in [5, 5.41) is 18.5. The van der Waals surface area contributed by atoms with Gasteiger partial charge < -0.3 is 4.42 Å². The number of carbonyl (C=O) groups is 1. The Morgan fingerprint density at radius 1 is 1.52 bits per heavy atom. The second-order valence-corrected chi connectivity index (χ2v) is 8.25. The van der Waals surface area contributed by atoms with Crippen LogP contribution in [-0.2, 0) is 14.6 Å². The zero-order valence-corrected chi connectivity index (χ0v) is 14.8. The number of anilines is 1. The van der Waals surface area contributed by atoms with Crippen molar-refractivity contribution in [2.75, 3.05) is 11.1 Å². The molecule has 0 atom stereocenters. The van der Waals surface area contributed by atoms with E-state index in [2.05, 4.69) is 31.4 Å². The van der Waals surface area contributed by atoms with Crippen LogP contribution in [0, 0.1) is 11.3 Å². The van der Waals surface area contributed by atoms with Gasteiger partial charge in [0.2, 0.25) is 19.3 Å². The minimum absolute atomic E-state index is 0.0104. The van der Waals surface area contributed by atoms with E-state index in [-0.39, 0.29) is 20.8 Å². The van der Waals surface area contributed by atoms with Crippen LogP contribution in [0.3, 0.4) is 0 Å². The highest BCUT2D eigenvalue weighted by molar-refractivity contribution is 9.10. The second-order valence-electron chi connectivity index (χ2n) is 4.04. The molecule has 1 amide bonds. The summed E-state index contributed by atoms with van der Waals surface area (Å²) < 4.78 is 28.8. The molecular weight excluding hydrogens is 408 g/mol. The molecule has 0 fully saturated rings. The van der Waals surface area contributed by atoms with Crippen LogP contribution in [0.2, 0.25) is 0 Å². The lowest BCUT2D eigenvalue weighted by atomic mass is 10.2. The number of furan rings is 1. The summed E-state index contributed by atoms with van der Waals surface area (Å²) in [6.07, 6.45) is 1.25. The highest BCUT2D eigenvalue weighted by atomic mass is 79.9. The van der Waals surface area contributed by atoms with Gasteiger partial charge in [0, 0.05) is 6.08 Å². The lowest BCUT2D eigenvalue weighted by Gasteiger charge is -1.98. The van der Waals surface area contributed by atoms with Crippen LogP contribution in [0.15, 0.2) is 31.1 Å². The van der Waals surface area contributed by atoms with E-state index in [0.717, 1.165) is 11.3 Å². The molecule has 0 unspecified atom stereocenters. The number of rotatable bonds is 5. The first-order chi connectivity index (χ1) is 10.9. The summed E-state index contributed by atoms with van der Waals surface area (Å²) in [7, 11) is -3.49. The van der Waals surface area contributed by atoms with Gasteiger partial charge in [-0.25, -0.2) is 8.42 Å². The van der Waals surface area contributed by atoms with Crippen LogP contribution in [0.4, 0.5) is 5.13 Å². The summed E-state index contributed by atoms with van der Waals surface area (Å²) in [4.78, 5) is 12.0. The van der Waals surface area contributed by atoms with Crippen molar-refractivity contribution in [1.29, 1.82) is 5.26 Å². The third-order valence-corrected chi connectivity index (χ3v) is 5.96. The molecule has 2 rings (SSSR count). The van der Waals surface area contributed by atoms with Gasteiger partial charge in [-0.1, -0.05) is 18.3 Å². The quantitative estimate of drug-likeness (QED) is 0.449. The smallest absolute Gasteiger partial charge is 0.268 e. The number of nitrogens with zero attached hydrogens (tertiary/aromatic N) is 3. The molecule has 0 saturated heterocycles. The fourth-order valence-corrected chi connectivity index (χ4v) is 3.67. The van der Waals surface area contributed by atoms with E-state index in [1.165, 1.54) is 13.0 Å². The van der Waals surface area contributed by atoms with Crippen molar-refractivity contribution in [3.63, 3.8) is 0 Å². The lowest BCUT2D eigenvalue weighted by Crippen LogP contribution is -2.13. The van der Waals surface area contributed by atoms with E-state index < -0.39 is 15.7 Å². The van der Waals surface area contributed by atoms with Crippen molar-refractivity contribution in [1.82, 2.24) is 10.2 Å². The van der Waals surface area contributed by atoms with Crippen molar-refractivity contribution in [2.45, 2.75) is 11.3 Å². The van der Waals surface area contributed by atoms with E-state index in [0.29, 0.717) is 10.4 Å². The van der Waals surface area contributed by atoms with Gasteiger partial charge in [0.25, 0.3) is 5.91 Å². The molecule has 0 aliphatic rings. The first kappa shape index (κ1) is 17.3. The van der Waals surface area contributed by atoms with Gasteiger partial charge in [0.15, 0.2) is 4.67 Å². The Bertz CT molecular complexity index is 908. The normalized spacial score (nSPS) is 12.0. The van der Waals surface area contributed by atoms with E-state index in [1.807, 2.05) is 0 Å². The Balaban J connectivity index is 2.18. The molecule has 1 N–H and O–H groups in total. The number of hydrogen-bond donors (Lipinski definition) is 1. The first-order valence-electron chi connectivity index (χ1n) is 6.10. The highest BCUT2D eigenvalue weighted by Crippen LogP contribution is 2.22. The van der Waals surface area contributed by atoms with Crippen LogP contribution in [-0.4, -0.2) is 30.3 Å². The minimum atomic E-state index is -3.49. The van der Waals surface area contributed by atoms with Crippen LogP contribution in [0.25, 0.3) is 6.08 Å². The SMILES string of the molecule is CCS(=O)(=O)c1nnc(NC(=O)/C(C#N)=C\c2ccc(Br)o2)s1. The Kier molecular flexibility index (Phi) is 5.30. The summed E-state index contributed by atoms with van der Waals surface area (Å²) in [5.41, 5.74) is -0.220. The zero-order valence-electron chi connectivity index (χ0n) is 11.6. The lowest BCUT2D eigenvalue weighted by molar-refractivity contribution is -0.112. The molecule has 0 aliphatic carbocycles. The standard InChI is InChI=1S/C12H9BrN4O4S2/c1-2-23(19,20)12-17-16-11(22-12)15-10(18)7(6-14)5-8-3-4-9(13)21-8/h3-5H,2H2,1H3,(H,15,16,18)/b7-5-. The average molecular weight is 417 g/mol. The largest absolute Gasteiger partial charge is 0.450 e. The molecule has 0 aromatic carbocycles. The van der Waals surface area contributed by atoms with Gasteiger partial charge in [-0.3, -0.25) is 10.1 Å².